The van der Waals surface area contributed by atoms with Crippen LogP contribution in [-0.4, -0.2) is 21.5 Å². The average Bonchev–Trinajstić information content (AvgIpc) is 3.00. The molecule has 0 bridgehead atoms. The largest absolute Gasteiger partial charge is 0.332 e. The molecule has 21 heavy (non-hydrogen) atoms. The Morgan fingerprint density at radius 1 is 1.33 bits per heavy atom. The highest BCUT2D eigenvalue weighted by atomic mass is 32.1. The number of aromatic nitrogens is 2. The Balaban J connectivity index is 2.43. The number of rotatable bonds is 4. The molecule has 6 nitrogen and oxygen atoms in total. The smallest absolute Gasteiger partial charge is 0.326 e. The Morgan fingerprint density at radius 3 is 2.71 bits per heavy atom. The Bertz CT molecular complexity index is 756. The number of thiophene rings is 1. The third-order valence-corrected chi connectivity index (χ3v) is 3.74. The van der Waals surface area contributed by atoms with Crippen LogP contribution in [0.25, 0.3) is 0 Å². The van der Waals surface area contributed by atoms with Crippen LogP contribution in [0.5, 0.6) is 0 Å². The molecule has 112 valence electrons. The lowest BCUT2D eigenvalue weighted by atomic mass is 10.3. The summed E-state index contributed by atoms with van der Waals surface area (Å²) >= 11 is 1.57. The van der Waals surface area contributed by atoms with E-state index in [9.17, 15) is 9.59 Å². The molecule has 2 rings (SSSR count). The molecular weight excluding hydrogens is 288 g/mol. The number of nitrogens with one attached hydrogen (secondary N) is 1. The molecule has 1 N–H and O–H groups in total. The zero-order chi connectivity index (χ0) is 15.4. The molecule has 0 aromatic carbocycles. The van der Waals surface area contributed by atoms with E-state index in [1.54, 1.807) is 18.4 Å². The van der Waals surface area contributed by atoms with E-state index >= 15 is 0 Å². The molecule has 0 radical (unpaired) electrons. The van der Waals surface area contributed by atoms with E-state index in [-0.39, 0.29) is 11.2 Å². The standard InChI is InChI=1S/C14H18N4O2S/c1-4-6-15-13(10-5-7-21-9-10)16-11-8-12(19)18(3)14(20)17(11)2/h5,7-9H,4,6H2,1-3H3,(H,15,16). The van der Waals surface area contributed by atoms with Gasteiger partial charge in [0, 0.05) is 37.6 Å². The van der Waals surface area contributed by atoms with E-state index in [0.717, 1.165) is 16.6 Å². The predicted octanol–water partition coefficient (Wildman–Crippen LogP) is 1.41. The van der Waals surface area contributed by atoms with Crippen LogP contribution < -0.4 is 16.6 Å². The molecule has 0 spiro atoms. The van der Waals surface area contributed by atoms with Gasteiger partial charge >= 0.3 is 5.69 Å². The summed E-state index contributed by atoms with van der Waals surface area (Å²) in [4.78, 5) is 28.2. The van der Waals surface area contributed by atoms with Crippen molar-refractivity contribution in [1.29, 1.82) is 0 Å². The summed E-state index contributed by atoms with van der Waals surface area (Å²) in [6.07, 6.45) is 0.921. The first kappa shape index (κ1) is 15.2. The third-order valence-electron chi connectivity index (χ3n) is 3.06. The van der Waals surface area contributed by atoms with Gasteiger partial charge in [-0.2, -0.15) is 11.3 Å². The Hall–Kier alpha value is -2.15. The lowest BCUT2D eigenvalue weighted by molar-refractivity contribution is 0.693. The summed E-state index contributed by atoms with van der Waals surface area (Å²) in [6, 6.07) is 3.35. The zero-order valence-electron chi connectivity index (χ0n) is 12.3. The van der Waals surface area contributed by atoms with Gasteiger partial charge in [0.2, 0.25) is 0 Å². The lowest BCUT2D eigenvalue weighted by Gasteiger charge is -2.13. The maximum atomic E-state index is 11.9. The van der Waals surface area contributed by atoms with Gasteiger partial charge in [0.05, 0.1) is 0 Å². The van der Waals surface area contributed by atoms with Crippen molar-refractivity contribution >= 4 is 23.0 Å². The van der Waals surface area contributed by atoms with Crippen LogP contribution in [0.3, 0.4) is 0 Å². The molecule has 0 atom stereocenters. The van der Waals surface area contributed by atoms with Crippen molar-refractivity contribution in [2.24, 2.45) is 19.1 Å². The summed E-state index contributed by atoms with van der Waals surface area (Å²) in [6.45, 7) is 2.72. The maximum absolute atomic E-state index is 11.9. The van der Waals surface area contributed by atoms with Gasteiger partial charge in [0.25, 0.3) is 5.56 Å². The summed E-state index contributed by atoms with van der Waals surface area (Å²) in [5.41, 5.74) is 0.229. The van der Waals surface area contributed by atoms with Crippen molar-refractivity contribution < 1.29 is 0 Å². The Labute approximate surface area is 126 Å². The van der Waals surface area contributed by atoms with E-state index in [4.69, 9.17) is 0 Å². The number of amidine groups is 1. The van der Waals surface area contributed by atoms with E-state index in [2.05, 4.69) is 10.3 Å². The number of anilines is 1. The second-order valence-electron chi connectivity index (χ2n) is 4.64. The van der Waals surface area contributed by atoms with Crippen LogP contribution in [-0.2, 0) is 14.1 Å². The number of hydrogen-bond acceptors (Lipinski definition) is 4. The zero-order valence-corrected chi connectivity index (χ0v) is 13.1. The first-order chi connectivity index (χ1) is 10.0. The molecule has 0 saturated carbocycles. The molecule has 0 unspecified atom stereocenters. The maximum Gasteiger partial charge on any atom is 0.332 e. The van der Waals surface area contributed by atoms with Crippen molar-refractivity contribution in [3.05, 3.63) is 49.3 Å². The molecule has 0 amide bonds. The summed E-state index contributed by atoms with van der Waals surface area (Å²) in [5.74, 6) is 1.10. The molecule has 2 heterocycles. The quantitative estimate of drug-likeness (QED) is 0.686. The highest BCUT2D eigenvalue weighted by molar-refractivity contribution is 7.08. The Kier molecular flexibility index (Phi) is 4.74. The van der Waals surface area contributed by atoms with Crippen LogP contribution in [0.2, 0.25) is 0 Å². The fourth-order valence-corrected chi connectivity index (χ4v) is 2.44. The number of hydrogen-bond donors (Lipinski definition) is 1. The normalized spacial score (nSPS) is 11.7. The molecule has 7 heteroatoms. The van der Waals surface area contributed by atoms with E-state index in [1.165, 1.54) is 17.7 Å². The van der Waals surface area contributed by atoms with E-state index in [0.29, 0.717) is 18.2 Å². The minimum atomic E-state index is -0.370. The highest BCUT2D eigenvalue weighted by Gasteiger charge is 2.10. The predicted molar refractivity (Wildman–Crippen MR) is 86.6 cm³/mol. The molecular formula is C14H18N4O2S. The van der Waals surface area contributed by atoms with Gasteiger partial charge in [-0.15, -0.1) is 0 Å². The van der Waals surface area contributed by atoms with Crippen molar-refractivity contribution in [3.63, 3.8) is 0 Å². The number of aliphatic imine (C=N–C) groups is 1. The van der Waals surface area contributed by atoms with Gasteiger partial charge in [-0.3, -0.25) is 18.9 Å². The van der Waals surface area contributed by atoms with Gasteiger partial charge < -0.3 is 5.32 Å². The van der Waals surface area contributed by atoms with Gasteiger partial charge in [0.1, 0.15) is 11.7 Å². The SMILES string of the molecule is CCCN=C(Nc1cc(=O)n(C)c(=O)n1C)c1ccsc1. The molecule has 0 fully saturated rings. The monoisotopic (exact) mass is 306 g/mol. The first-order valence-electron chi connectivity index (χ1n) is 6.65. The van der Waals surface area contributed by atoms with E-state index < -0.39 is 0 Å². The topological polar surface area (TPSA) is 68.4 Å². The van der Waals surface area contributed by atoms with Gasteiger partial charge in [-0.1, -0.05) is 6.92 Å². The van der Waals surface area contributed by atoms with E-state index in [1.807, 2.05) is 23.8 Å². The number of nitrogens with zero attached hydrogens (tertiary/aromatic N) is 3. The van der Waals surface area contributed by atoms with Crippen molar-refractivity contribution in [3.8, 4) is 0 Å². The first-order valence-corrected chi connectivity index (χ1v) is 7.60. The second-order valence-corrected chi connectivity index (χ2v) is 5.42. The second kappa shape index (κ2) is 6.53. The van der Waals surface area contributed by atoms with Gasteiger partial charge in [-0.25, -0.2) is 4.79 Å². The van der Waals surface area contributed by atoms with Crippen molar-refractivity contribution in [1.82, 2.24) is 9.13 Å². The Morgan fingerprint density at radius 2 is 2.10 bits per heavy atom. The van der Waals surface area contributed by atoms with Gasteiger partial charge in [0.15, 0.2) is 0 Å². The molecule has 0 saturated heterocycles. The highest BCUT2D eigenvalue weighted by Crippen LogP contribution is 2.10. The minimum Gasteiger partial charge on any atom is -0.326 e. The minimum absolute atomic E-state index is 0.347. The van der Waals surface area contributed by atoms with Crippen molar-refractivity contribution in [2.45, 2.75) is 13.3 Å². The molecule has 2 aromatic heterocycles. The van der Waals surface area contributed by atoms with Crippen LogP contribution in [0.15, 0.2) is 37.5 Å². The average molecular weight is 306 g/mol. The fourth-order valence-electron chi connectivity index (χ4n) is 1.80. The molecule has 0 aliphatic rings. The fraction of sp³-hybridized carbons (Fsp3) is 0.357. The van der Waals surface area contributed by atoms with Gasteiger partial charge in [-0.05, 0) is 17.9 Å². The van der Waals surface area contributed by atoms with Crippen LogP contribution in [0, 0.1) is 0 Å². The molecule has 0 aliphatic carbocycles. The molecule has 2 aromatic rings. The lowest BCUT2D eigenvalue weighted by Crippen LogP contribution is -2.38. The van der Waals surface area contributed by atoms with Crippen LogP contribution in [0.4, 0.5) is 5.82 Å². The van der Waals surface area contributed by atoms with Crippen molar-refractivity contribution in [2.75, 3.05) is 11.9 Å². The van der Waals surface area contributed by atoms with Crippen LogP contribution >= 0.6 is 11.3 Å². The summed E-state index contributed by atoms with van der Waals surface area (Å²) in [7, 11) is 3.08. The summed E-state index contributed by atoms with van der Waals surface area (Å²) < 4.78 is 2.47. The summed E-state index contributed by atoms with van der Waals surface area (Å²) in [5, 5.41) is 7.03. The van der Waals surface area contributed by atoms with Crippen LogP contribution in [0.1, 0.15) is 18.9 Å². The third kappa shape index (κ3) is 3.30. The molecule has 0 aliphatic heterocycles.